The van der Waals surface area contributed by atoms with E-state index in [-0.39, 0.29) is 18.0 Å². The lowest BCUT2D eigenvalue weighted by Crippen LogP contribution is -2.79. The molecule has 0 unspecified atom stereocenters. The molecule has 10 heteroatoms. The first-order valence-electron chi connectivity index (χ1n) is 10.9. The zero-order chi connectivity index (χ0) is 23.8. The van der Waals surface area contributed by atoms with E-state index >= 15 is 0 Å². The molecule has 33 heavy (non-hydrogen) atoms. The van der Waals surface area contributed by atoms with E-state index in [0.717, 1.165) is 31.8 Å². The van der Waals surface area contributed by atoms with E-state index in [1.807, 2.05) is 0 Å². The van der Waals surface area contributed by atoms with Gasteiger partial charge in [-0.1, -0.05) is 18.9 Å². The number of aliphatic hydroxyl groups excluding tert-OH is 1. The fourth-order valence-corrected chi connectivity index (χ4v) is 5.03. The molecule has 4 N–H and O–H groups in total. The molecule has 2 heterocycles. The molecule has 3 aliphatic rings. The van der Waals surface area contributed by atoms with Crippen LogP contribution in [-0.4, -0.2) is 76.7 Å². The summed E-state index contributed by atoms with van der Waals surface area (Å²) in [7, 11) is 1.40. The Morgan fingerprint density at radius 3 is 2.64 bits per heavy atom. The average Bonchev–Trinajstić information content (AvgIpc) is 3.25. The molecule has 10 nitrogen and oxygen atoms in total. The fraction of sp³-hybridized carbons (Fsp3) is 0.565. The molecular formula is C23H29NO9. The third-order valence-corrected chi connectivity index (χ3v) is 6.62. The molecule has 1 aromatic rings. The van der Waals surface area contributed by atoms with E-state index < -0.39 is 47.7 Å². The number of nitrogens with one attached hydrogen (secondary N) is 1. The Labute approximate surface area is 191 Å². The Balaban J connectivity index is 1.55. The van der Waals surface area contributed by atoms with Gasteiger partial charge in [-0.25, -0.2) is 4.79 Å². The van der Waals surface area contributed by atoms with E-state index in [2.05, 4.69) is 5.32 Å². The number of methoxy groups -OCH3 is 1. The number of aromatic hydroxyl groups is 1. The van der Waals surface area contributed by atoms with Gasteiger partial charge in [0, 0.05) is 18.5 Å². The number of phenols is 1. The molecule has 3 fully saturated rings. The van der Waals surface area contributed by atoms with Crippen LogP contribution in [0.2, 0.25) is 0 Å². The molecule has 5 atom stereocenters. The van der Waals surface area contributed by atoms with Gasteiger partial charge >= 0.3 is 11.9 Å². The molecule has 1 aromatic carbocycles. The molecule has 2 saturated heterocycles. The first-order valence-corrected chi connectivity index (χ1v) is 10.9. The quantitative estimate of drug-likeness (QED) is 0.362. The van der Waals surface area contributed by atoms with Gasteiger partial charge in [0.05, 0.1) is 13.7 Å². The minimum absolute atomic E-state index is 0.0450. The lowest BCUT2D eigenvalue weighted by Gasteiger charge is -2.57. The van der Waals surface area contributed by atoms with E-state index in [9.17, 15) is 24.9 Å². The van der Waals surface area contributed by atoms with Crippen LogP contribution in [0.1, 0.15) is 38.2 Å². The van der Waals surface area contributed by atoms with Gasteiger partial charge in [0.25, 0.3) is 0 Å². The smallest absolute Gasteiger partial charge is 0.331 e. The highest BCUT2D eigenvalue weighted by molar-refractivity contribution is 5.87. The highest BCUT2D eigenvalue weighted by atomic mass is 16.7. The average molecular weight is 463 g/mol. The summed E-state index contributed by atoms with van der Waals surface area (Å²) in [4.78, 5) is 24.4. The SMILES string of the molecule is COc1cc(/C=C/C(=O)O[C@@H]2[C@H](OC(C)=O)[C@@H](O)[C@H]3O[C@]2(O)CNC32CCCC2)ccc1O. The fourth-order valence-electron chi connectivity index (χ4n) is 5.03. The summed E-state index contributed by atoms with van der Waals surface area (Å²) in [5, 5.41) is 35.2. The minimum atomic E-state index is -1.98. The molecule has 2 bridgehead atoms. The number of rotatable bonds is 5. The van der Waals surface area contributed by atoms with Crippen molar-refractivity contribution in [3.63, 3.8) is 0 Å². The number of hydrogen-bond donors (Lipinski definition) is 4. The van der Waals surface area contributed by atoms with Crippen LogP contribution in [0.5, 0.6) is 11.5 Å². The number of β-amino-alcohol motifs (C(OH)–C–C–N with tert-alkyl or cyclic N) is 1. The molecule has 2 aliphatic heterocycles. The number of ether oxygens (including phenoxy) is 4. The van der Waals surface area contributed by atoms with Crippen LogP contribution in [0.15, 0.2) is 24.3 Å². The van der Waals surface area contributed by atoms with Gasteiger partial charge in [0.1, 0.15) is 12.2 Å². The van der Waals surface area contributed by atoms with Crippen molar-refractivity contribution in [3.8, 4) is 11.5 Å². The van der Waals surface area contributed by atoms with Crippen molar-refractivity contribution in [2.45, 2.75) is 68.3 Å². The van der Waals surface area contributed by atoms with Crippen molar-refractivity contribution in [1.82, 2.24) is 5.32 Å². The number of hydrogen-bond acceptors (Lipinski definition) is 10. The summed E-state index contributed by atoms with van der Waals surface area (Å²) in [5.74, 6) is -3.31. The molecule has 0 amide bonds. The summed E-state index contributed by atoms with van der Waals surface area (Å²) in [6.07, 6.45) is 1.08. The highest BCUT2D eigenvalue weighted by Gasteiger charge is 2.65. The van der Waals surface area contributed by atoms with Crippen LogP contribution in [-0.2, 0) is 23.8 Å². The summed E-state index contributed by atoms with van der Waals surface area (Å²) in [6, 6.07) is 4.51. The maximum Gasteiger partial charge on any atom is 0.331 e. The number of aliphatic hydroxyl groups is 2. The van der Waals surface area contributed by atoms with Gasteiger partial charge in [0.15, 0.2) is 23.7 Å². The van der Waals surface area contributed by atoms with Gasteiger partial charge in [-0.15, -0.1) is 0 Å². The Hall–Kier alpha value is -2.66. The van der Waals surface area contributed by atoms with E-state index in [1.54, 1.807) is 6.07 Å². The molecule has 4 rings (SSSR count). The van der Waals surface area contributed by atoms with Crippen LogP contribution in [0.4, 0.5) is 0 Å². The zero-order valence-electron chi connectivity index (χ0n) is 18.5. The maximum absolute atomic E-state index is 12.6. The van der Waals surface area contributed by atoms with Crippen molar-refractivity contribution in [2.75, 3.05) is 13.7 Å². The van der Waals surface area contributed by atoms with Gasteiger partial charge in [0.2, 0.25) is 5.79 Å². The number of fused-ring (bicyclic) bond motifs is 3. The second-order valence-electron chi connectivity index (χ2n) is 8.79. The third-order valence-electron chi connectivity index (χ3n) is 6.62. The lowest BCUT2D eigenvalue weighted by molar-refractivity contribution is -0.372. The first-order chi connectivity index (χ1) is 15.7. The van der Waals surface area contributed by atoms with Crippen molar-refractivity contribution >= 4 is 18.0 Å². The molecule has 180 valence electrons. The molecule has 1 aliphatic carbocycles. The van der Waals surface area contributed by atoms with E-state index in [4.69, 9.17) is 18.9 Å². The first kappa shape index (κ1) is 23.5. The Morgan fingerprint density at radius 1 is 1.24 bits per heavy atom. The number of phenolic OH excluding ortho intramolecular Hbond substituents is 1. The second-order valence-corrected chi connectivity index (χ2v) is 8.79. The Bertz CT molecular complexity index is 942. The topological polar surface area (TPSA) is 144 Å². The van der Waals surface area contributed by atoms with E-state index in [1.165, 1.54) is 32.2 Å². The number of carbonyl (C=O) groups excluding carboxylic acids is 2. The van der Waals surface area contributed by atoms with Crippen molar-refractivity contribution < 1.29 is 43.9 Å². The normalized spacial score (nSPS) is 32.6. The van der Waals surface area contributed by atoms with Crippen molar-refractivity contribution in [1.29, 1.82) is 0 Å². The van der Waals surface area contributed by atoms with Gasteiger partial charge < -0.3 is 39.6 Å². The number of benzene rings is 1. The van der Waals surface area contributed by atoms with Crippen LogP contribution in [0, 0.1) is 0 Å². The Kier molecular flexibility index (Phi) is 6.37. The number of morpholine rings is 1. The zero-order valence-corrected chi connectivity index (χ0v) is 18.5. The number of carbonyl (C=O) groups is 2. The minimum Gasteiger partial charge on any atom is -0.504 e. The predicted octanol–water partition coefficient (Wildman–Crippen LogP) is 0.622. The summed E-state index contributed by atoms with van der Waals surface area (Å²) in [6.45, 7) is 1.13. The molecular weight excluding hydrogens is 434 g/mol. The third kappa shape index (κ3) is 4.43. The molecule has 0 radical (unpaired) electrons. The van der Waals surface area contributed by atoms with Gasteiger partial charge in [-0.3, -0.25) is 4.79 Å². The molecule has 1 saturated carbocycles. The monoisotopic (exact) mass is 463 g/mol. The predicted molar refractivity (Wildman–Crippen MR) is 114 cm³/mol. The van der Waals surface area contributed by atoms with Crippen LogP contribution >= 0.6 is 0 Å². The summed E-state index contributed by atoms with van der Waals surface area (Å²) < 4.78 is 21.7. The molecule has 1 spiro atoms. The van der Waals surface area contributed by atoms with Crippen LogP contribution in [0.3, 0.4) is 0 Å². The van der Waals surface area contributed by atoms with Gasteiger partial charge in [-0.05, 0) is 36.6 Å². The van der Waals surface area contributed by atoms with Gasteiger partial charge in [-0.2, -0.15) is 0 Å². The summed E-state index contributed by atoms with van der Waals surface area (Å²) in [5.41, 5.74) is 0.0241. The standard InChI is InChI=1S/C23H29NO9/c1-13(25)31-19-18(28)20-22(9-3-4-10-22)24-12-23(29,33-20)21(19)32-17(27)8-6-14-5-7-15(26)16(11-14)30-2/h5-8,11,18-21,24,26,28-29H,3-4,9-10,12H2,1-2H3/b8-6+/t18-,19-,20-,21-,23-/m1/s1. The van der Waals surface area contributed by atoms with Crippen LogP contribution in [0.25, 0.3) is 6.08 Å². The molecule has 0 aromatic heterocycles. The van der Waals surface area contributed by atoms with E-state index in [0.29, 0.717) is 5.56 Å². The lowest BCUT2D eigenvalue weighted by atomic mass is 9.77. The summed E-state index contributed by atoms with van der Waals surface area (Å²) >= 11 is 0. The number of esters is 2. The van der Waals surface area contributed by atoms with Crippen LogP contribution < -0.4 is 10.1 Å². The Morgan fingerprint density at radius 2 is 1.97 bits per heavy atom. The van der Waals surface area contributed by atoms with Crippen molar-refractivity contribution in [2.24, 2.45) is 0 Å². The van der Waals surface area contributed by atoms with Crippen molar-refractivity contribution in [3.05, 3.63) is 29.8 Å². The second kappa shape index (κ2) is 8.94. The highest BCUT2D eigenvalue weighted by Crippen LogP contribution is 2.45. The maximum atomic E-state index is 12.6. The largest absolute Gasteiger partial charge is 0.504 e.